The molecule has 7 heteroatoms. The van der Waals surface area contributed by atoms with Gasteiger partial charge in [0.1, 0.15) is 5.75 Å². The van der Waals surface area contributed by atoms with E-state index in [9.17, 15) is 4.79 Å². The minimum absolute atomic E-state index is 0.192. The number of benzene rings is 2. The van der Waals surface area contributed by atoms with E-state index in [1.165, 1.54) is 4.90 Å². The van der Waals surface area contributed by atoms with Crippen LogP contribution in [0.15, 0.2) is 48.7 Å². The zero-order valence-corrected chi connectivity index (χ0v) is 13.9. The topological polar surface area (TPSA) is 67.4 Å². The predicted octanol–water partition coefficient (Wildman–Crippen LogP) is 4.17. The number of ether oxygens (including phenoxy) is 1. The second kappa shape index (κ2) is 6.72. The van der Waals surface area contributed by atoms with E-state index in [1.807, 2.05) is 0 Å². The van der Waals surface area contributed by atoms with Crippen LogP contribution >= 0.6 is 11.6 Å². The molecule has 122 valence electrons. The van der Waals surface area contributed by atoms with Crippen LogP contribution in [0.4, 0.5) is 10.5 Å². The van der Waals surface area contributed by atoms with Crippen molar-refractivity contribution in [3.05, 3.63) is 53.7 Å². The van der Waals surface area contributed by atoms with E-state index in [2.05, 4.69) is 15.3 Å². The Morgan fingerprint density at radius 2 is 1.88 bits per heavy atom. The van der Waals surface area contributed by atoms with Crippen LogP contribution in [0.1, 0.15) is 0 Å². The fourth-order valence-electron chi connectivity index (χ4n) is 1.98. The Morgan fingerprint density at radius 3 is 2.58 bits per heavy atom. The Labute approximate surface area is 144 Å². The standard InChI is InChI=1S/C17H15ClN4O2/c1-22(2)17(23)20-12-4-6-13(7-5-12)24-16-10-19-15-9-11(18)3-8-14(15)21-16/h3-10H,1-2H3,(H,20,23). The number of anilines is 1. The van der Waals surface area contributed by atoms with Crippen molar-refractivity contribution in [2.45, 2.75) is 0 Å². The summed E-state index contributed by atoms with van der Waals surface area (Å²) in [5.41, 5.74) is 2.09. The largest absolute Gasteiger partial charge is 0.437 e. The van der Waals surface area contributed by atoms with Crippen LogP contribution in [-0.4, -0.2) is 35.0 Å². The molecule has 2 aromatic carbocycles. The Balaban J connectivity index is 1.74. The third-order valence-corrected chi connectivity index (χ3v) is 3.45. The summed E-state index contributed by atoms with van der Waals surface area (Å²) in [6, 6.07) is 12.1. The van der Waals surface area contributed by atoms with E-state index in [0.717, 1.165) is 0 Å². The molecule has 0 radical (unpaired) electrons. The van der Waals surface area contributed by atoms with Crippen molar-refractivity contribution in [1.82, 2.24) is 14.9 Å². The van der Waals surface area contributed by atoms with Crippen molar-refractivity contribution >= 4 is 34.4 Å². The van der Waals surface area contributed by atoms with Crippen LogP contribution in [-0.2, 0) is 0 Å². The number of amides is 2. The second-order valence-corrected chi connectivity index (χ2v) is 5.73. The predicted molar refractivity (Wildman–Crippen MR) is 93.8 cm³/mol. The molecule has 1 aromatic heterocycles. The number of fused-ring (bicyclic) bond motifs is 1. The number of carbonyl (C=O) groups is 1. The van der Waals surface area contributed by atoms with Crippen molar-refractivity contribution in [2.75, 3.05) is 19.4 Å². The first-order chi connectivity index (χ1) is 11.5. The number of aromatic nitrogens is 2. The Morgan fingerprint density at radius 1 is 1.12 bits per heavy atom. The first kappa shape index (κ1) is 16.0. The smallest absolute Gasteiger partial charge is 0.321 e. The Hall–Kier alpha value is -2.86. The molecule has 0 fully saturated rings. The van der Waals surface area contributed by atoms with E-state index in [4.69, 9.17) is 16.3 Å². The van der Waals surface area contributed by atoms with E-state index in [1.54, 1.807) is 62.8 Å². The lowest BCUT2D eigenvalue weighted by Crippen LogP contribution is -2.27. The van der Waals surface area contributed by atoms with E-state index >= 15 is 0 Å². The quantitative estimate of drug-likeness (QED) is 0.775. The van der Waals surface area contributed by atoms with Gasteiger partial charge in [0.15, 0.2) is 0 Å². The van der Waals surface area contributed by atoms with Gasteiger partial charge in [-0.05, 0) is 42.5 Å². The molecule has 0 saturated carbocycles. The molecule has 0 aliphatic heterocycles. The van der Waals surface area contributed by atoms with Crippen molar-refractivity contribution in [1.29, 1.82) is 0 Å². The van der Waals surface area contributed by atoms with Crippen molar-refractivity contribution < 1.29 is 9.53 Å². The lowest BCUT2D eigenvalue weighted by molar-refractivity contribution is 0.230. The number of halogens is 1. The molecule has 6 nitrogen and oxygen atoms in total. The molecule has 2 amide bonds. The zero-order valence-electron chi connectivity index (χ0n) is 13.2. The van der Waals surface area contributed by atoms with Gasteiger partial charge in [0.25, 0.3) is 0 Å². The Bertz CT molecular complexity index is 881. The summed E-state index contributed by atoms with van der Waals surface area (Å²) in [5.74, 6) is 0.982. The van der Waals surface area contributed by atoms with Gasteiger partial charge in [-0.15, -0.1) is 0 Å². The maximum Gasteiger partial charge on any atom is 0.321 e. The van der Waals surface area contributed by atoms with E-state index in [-0.39, 0.29) is 6.03 Å². The first-order valence-electron chi connectivity index (χ1n) is 7.20. The van der Waals surface area contributed by atoms with Crippen LogP contribution in [0.3, 0.4) is 0 Å². The van der Waals surface area contributed by atoms with Gasteiger partial charge in [-0.3, -0.25) is 0 Å². The highest BCUT2D eigenvalue weighted by atomic mass is 35.5. The molecule has 3 rings (SSSR count). The number of carbonyl (C=O) groups excluding carboxylic acids is 1. The van der Waals surface area contributed by atoms with Gasteiger partial charge in [0, 0.05) is 24.8 Å². The van der Waals surface area contributed by atoms with E-state index < -0.39 is 0 Å². The van der Waals surface area contributed by atoms with Gasteiger partial charge in [-0.1, -0.05) is 11.6 Å². The molecule has 0 aliphatic carbocycles. The summed E-state index contributed by atoms with van der Waals surface area (Å²) in [5, 5.41) is 3.36. The van der Waals surface area contributed by atoms with Crippen LogP contribution in [0, 0.1) is 0 Å². The summed E-state index contributed by atoms with van der Waals surface area (Å²) in [7, 11) is 3.36. The van der Waals surface area contributed by atoms with Crippen molar-refractivity contribution in [3.63, 3.8) is 0 Å². The van der Waals surface area contributed by atoms with Gasteiger partial charge in [-0.2, -0.15) is 0 Å². The first-order valence-corrected chi connectivity index (χ1v) is 7.57. The molecular weight excluding hydrogens is 328 g/mol. The zero-order chi connectivity index (χ0) is 17.1. The molecule has 0 unspecified atom stereocenters. The molecule has 1 heterocycles. The highest BCUT2D eigenvalue weighted by Gasteiger charge is 2.06. The van der Waals surface area contributed by atoms with Crippen molar-refractivity contribution in [3.8, 4) is 11.6 Å². The highest BCUT2D eigenvalue weighted by molar-refractivity contribution is 6.31. The minimum atomic E-state index is -0.192. The average Bonchev–Trinajstić information content (AvgIpc) is 2.56. The van der Waals surface area contributed by atoms with Crippen molar-refractivity contribution in [2.24, 2.45) is 0 Å². The maximum atomic E-state index is 11.6. The lowest BCUT2D eigenvalue weighted by atomic mass is 10.3. The summed E-state index contributed by atoms with van der Waals surface area (Å²) in [6.07, 6.45) is 1.54. The fourth-order valence-corrected chi connectivity index (χ4v) is 2.14. The molecule has 0 aliphatic rings. The van der Waals surface area contributed by atoms with Crippen LogP contribution < -0.4 is 10.1 Å². The number of rotatable bonds is 3. The summed E-state index contributed by atoms with van der Waals surface area (Å²) < 4.78 is 5.69. The number of nitrogens with one attached hydrogen (secondary N) is 1. The SMILES string of the molecule is CN(C)C(=O)Nc1ccc(Oc2cnc3cc(Cl)ccc3n2)cc1. The normalized spacial score (nSPS) is 10.5. The van der Waals surface area contributed by atoms with Crippen LogP contribution in [0.2, 0.25) is 5.02 Å². The van der Waals surface area contributed by atoms with Crippen LogP contribution in [0.25, 0.3) is 11.0 Å². The number of urea groups is 1. The fraction of sp³-hybridized carbons (Fsp3) is 0.118. The third kappa shape index (κ3) is 3.72. The summed E-state index contributed by atoms with van der Waals surface area (Å²) in [4.78, 5) is 21.7. The molecular formula is C17H15ClN4O2. The Kier molecular flexibility index (Phi) is 4.48. The molecule has 1 N–H and O–H groups in total. The molecule has 0 bridgehead atoms. The maximum absolute atomic E-state index is 11.6. The number of nitrogens with zero attached hydrogens (tertiary/aromatic N) is 3. The number of hydrogen-bond donors (Lipinski definition) is 1. The highest BCUT2D eigenvalue weighted by Crippen LogP contribution is 2.23. The summed E-state index contributed by atoms with van der Waals surface area (Å²) in [6.45, 7) is 0. The second-order valence-electron chi connectivity index (χ2n) is 5.29. The third-order valence-electron chi connectivity index (χ3n) is 3.22. The lowest BCUT2D eigenvalue weighted by Gasteiger charge is -2.12. The summed E-state index contributed by atoms with van der Waals surface area (Å²) >= 11 is 5.93. The van der Waals surface area contributed by atoms with Gasteiger partial charge in [0.2, 0.25) is 5.88 Å². The van der Waals surface area contributed by atoms with Gasteiger partial charge in [0.05, 0.1) is 17.2 Å². The van der Waals surface area contributed by atoms with Crippen LogP contribution in [0.5, 0.6) is 11.6 Å². The van der Waals surface area contributed by atoms with Gasteiger partial charge >= 0.3 is 6.03 Å². The van der Waals surface area contributed by atoms with Gasteiger partial charge in [-0.25, -0.2) is 14.8 Å². The minimum Gasteiger partial charge on any atom is -0.437 e. The average molecular weight is 343 g/mol. The molecule has 3 aromatic rings. The molecule has 0 atom stereocenters. The molecule has 24 heavy (non-hydrogen) atoms. The van der Waals surface area contributed by atoms with Gasteiger partial charge < -0.3 is 15.0 Å². The van der Waals surface area contributed by atoms with E-state index in [0.29, 0.717) is 33.4 Å². The molecule has 0 spiro atoms. The molecule has 0 saturated heterocycles. The monoisotopic (exact) mass is 342 g/mol. The number of hydrogen-bond acceptors (Lipinski definition) is 4.